The molecule has 0 aliphatic rings. The Morgan fingerprint density at radius 3 is 2.33 bits per heavy atom. The van der Waals surface area contributed by atoms with Crippen LogP contribution >= 0.6 is 0 Å². The third-order valence-electron chi connectivity index (χ3n) is 3.09. The molecular weight excluding hydrogens is 220 g/mol. The Kier molecular flexibility index (Phi) is 5.14. The summed E-state index contributed by atoms with van der Waals surface area (Å²) in [7, 11) is 2.03. The van der Waals surface area contributed by atoms with Crippen LogP contribution in [0.25, 0.3) is 11.3 Å². The third kappa shape index (κ3) is 2.81. The highest BCUT2D eigenvalue weighted by molar-refractivity contribution is 5.65. The summed E-state index contributed by atoms with van der Waals surface area (Å²) in [6, 6.07) is 6.50. The molecule has 2 aromatic rings. The molecule has 0 aliphatic carbocycles. The van der Waals surface area contributed by atoms with E-state index in [2.05, 4.69) is 48.5 Å². The van der Waals surface area contributed by atoms with Crippen LogP contribution in [0.1, 0.15) is 44.7 Å². The number of benzene rings is 1. The lowest BCUT2D eigenvalue weighted by molar-refractivity contribution is 0.855. The molecule has 0 saturated carbocycles. The lowest BCUT2D eigenvalue weighted by Crippen LogP contribution is -1.97. The maximum Gasteiger partial charge on any atom is 0.0948 e. The van der Waals surface area contributed by atoms with Crippen LogP contribution in [0.15, 0.2) is 30.7 Å². The summed E-state index contributed by atoms with van der Waals surface area (Å²) in [5.74, 6) is 0.563. The quantitative estimate of drug-likeness (QED) is 0.758. The van der Waals surface area contributed by atoms with Gasteiger partial charge in [-0.15, -0.1) is 0 Å². The first-order valence-electron chi connectivity index (χ1n) is 6.67. The Hall–Kier alpha value is -1.57. The Balaban J connectivity index is 0.000000771. The average Bonchev–Trinajstić information content (AvgIpc) is 2.78. The number of rotatable bonds is 2. The van der Waals surface area contributed by atoms with Gasteiger partial charge in [0.05, 0.1) is 18.2 Å². The smallest absolute Gasteiger partial charge is 0.0948 e. The zero-order valence-electron chi connectivity index (χ0n) is 12.4. The monoisotopic (exact) mass is 244 g/mol. The van der Waals surface area contributed by atoms with E-state index in [1.54, 1.807) is 0 Å². The predicted octanol–water partition coefficient (Wildman–Crippen LogP) is 4.55. The van der Waals surface area contributed by atoms with Gasteiger partial charge in [0.1, 0.15) is 0 Å². The van der Waals surface area contributed by atoms with Crippen LogP contribution in [0.5, 0.6) is 0 Å². The van der Waals surface area contributed by atoms with Gasteiger partial charge in [0.25, 0.3) is 0 Å². The van der Waals surface area contributed by atoms with Crippen LogP contribution < -0.4 is 0 Å². The molecule has 98 valence electrons. The lowest BCUT2D eigenvalue weighted by Gasteiger charge is -2.14. The first-order valence-corrected chi connectivity index (χ1v) is 6.67. The van der Waals surface area contributed by atoms with Gasteiger partial charge in [-0.3, -0.25) is 0 Å². The number of aromatic nitrogens is 2. The minimum absolute atomic E-state index is 0.563. The highest BCUT2D eigenvalue weighted by atomic mass is 15.0. The topological polar surface area (TPSA) is 17.8 Å². The van der Waals surface area contributed by atoms with Crippen LogP contribution in [0, 0.1) is 6.92 Å². The first kappa shape index (κ1) is 14.5. The van der Waals surface area contributed by atoms with Crippen LogP contribution in [0.3, 0.4) is 0 Å². The van der Waals surface area contributed by atoms with Gasteiger partial charge < -0.3 is 4.57 Å². The summed E-state index contributed by atoms with van der Waals surface area (Å²) >= 11 is 0. The minimum Gasteiger partial charge on any atom is -0.334 e. The van der Waals surface area contributed by atoms with E-state index in [9.17, 15) is 0 Å². The van der Waals surface area contributed by atoms with E-state index in [1.165, 1.54) is 22.4 Å². The molecule has 0 fully saturated rings. The van der Waals surface area contributed by atoms with E-state index in [1.807, 2.05) is 33.4 Å². The second-order valence-corrected chi connectivity index (χ2v) is 4.56. The van der Waals surface area contributed by atoms with Crippen molar-refractivity contribution in [2.24, 2.45) is 7.05 Å². The first-order chi connectivity index (χ1) is 8.61. The largest absolute Gasteiger partial charge is 0.334 e. The van der Waals surface area contributed by atoms with Gasteiger partial charge in [0.2, 0.25) is 0 Å². The van der Waals surface area contributed by atoms with Crippen LogP contribution in [-0.4, -0.2) is 9.55 Å². The summed E-state index contributed by atoms with van der Waals surface area (Å²) in [6.07, 6.45) is 3.77. The molecule has 0 atom stereocenters. The van der Waals surface area contributed by atoms with Crippen molar-refractivity contribution >= 4 is 0 Å². The van der Waals surface area contributed by atoms with E-state index < -0.39 is 0 Å². The molecule has 2 nitrogen and oxygen atoms in total. The third-order valence-corrected chi connectivity index (χ3v) is 3.09. The van der Waals surface area contributed by atoms with Gasteiger partial charge in [-0.05, 0) is 24.0 Å². The fraction of sp³-hybridized carbons (Fsp3) is 0.438. The highest BCUT2D eigenvalue weighted by Gasteiger charge is 2.10. The van der Waals surface area contributed by atoms with Gasteiger partial charge in [0.15, 0.2) is 0 Å². The van der Waals surface area contributed by atoms with Crippen molar-refractivity contribution in [1.82, 2.24) is 9.55 Å². The molecule has 0 spiro atoms. The van der Waals surface area contributed by atoms with E-state index >= 15 is 0 Å². The molecule has 0 bridgehead atoms. The van der Waals surface area contributed by atoms with E-state index in [-0.39, 0.29) is 0 Å². The van der Waals surface area contributed by atoms with Gasteiger partial charge in [0, 0.05) is 12.6 Å². The van der Waals surface area contributed by atoms with E-state index in [4.69, 9.17) is 0 Å². The van der Waals surface area contributed by atoms with Crippen molar-refractivity contribution < 1.29 is 0 Å². The molecule has 2 rings (SSSR count). The molecule has 0 unspecified atom stereocenters. The second-order valence-electron chi connectivity index (χ2n) is 4.56. The summed E-state index contributed by atoms with van der Waals surface area (Å²) in [4.78, 5) is 4.18. The summed E-state index contributed by atoms with van der Waals surface area (Å²) in [5.41, 5.74) is 5.24. The predicted molar refractivity (Wildman–Crippen MR) is 78.8 cm³/mol. The molecule has 0 N–H and O–H groups in total. The zero-order chi connectivity index (χ0) is 13.7. The van der Waals surface area contributed by atoms with Crippen molar-refractivity contribution in [3.8, 4) is 11.3 Å². The SMILES string of the molecule is CC.Cc1c(-c2cncn2C)cccc1C(C)C. The Labute approximate surface area is 111 Å². The fourth-order valence-corrected chi connectivity index (χ4v) is 2.17. The summed E-state index contributed by atoms with van der Waals surface area (Å²) in [5, 5.41) is 0. The molecule has 0 aliphatic heterocycles. The number of hydrogen-bond acceptors (Lipinski definition) is 1. The van der Waals surface area contributed by atoms with Crippen LogP contribution in [0.2, 0.25) is 0 Å². The number of hydrogen-bond donors (Lipinski definition) is 0. The maximum atomic E-state index is 4.18. The zero-order valence-corrected chi connectivity index (χ0v) is 12.4. The Bertz CT molecular complexity index is 496. The van der Waals surface area contributed by atoms with Crippen LogP contribution in [0.4, 0.5) is 0 Å². The molecule has 1 heterocycles. The van der Waals surface area contributed by atoms with E-state index in [0.29, 0.717) is 5.92 Å². The minimum atomic E-state index is 0.563. The Morgan fingerprint density at radius 2 is 1.83 bits per heavy atom. The molecular formula is C16H24N2. The number of aryl methyl sites for hydroxylation is 1. The molecule has 1 aromatic heterocycles. The second kappa shape index (κ2) is 6.39. The van der Waals surface area contributed by atoms with Crippen LogP contribution in [-0.2, 0) is 7.05 Å². The molecule has 0 amide bonds. The average molecular weight is 244 g/mol. The van der Waals surface area contributed by atoms with Crippen molar-refractivity contribution in [2.45, 2.75) is 40.5 Å². The van der Waals surface area contributed by atoms with E-state index in [0.717, 1.165) is 0 Å². The van der Waals surface area contributed by atoms with Crippen molar-refractivity contribution in [2.75, 3.05) is 0 Å². The summed E-state index contributed by atoms with van der Waals surface area (Å²) < 4.78 is 2.06. The maximum absolute atomic E-state index is 4.18. The highest BCUT2D eigenvalue weighted by Crippen LogP contribution is 2.28. The molecule has 18 heavy (non-hydrogen) atoms. The van der Waals surface area contributed by atoms with Crippen molar-refractivity contribution in [1.29, 1.82) is 0 Å². The van der Waals surface area contributed by atoms with Gasteiger partial charge in [-0.1, -0.05) is 45.9 Å². The summed E-state index contributed by atoms with van der Waals surface area (Å²) in [6.45, 7) is 10.7. The van der Waals surface area contributed by atoms with Gasteiger partial charge in [-0.25, -0.2) is 4.98 Å². The van der Waals surface area contributed by atoms with Crippen molar-refractivity contribution in [3.63, 3.8) is 0 Å². The molecule has 2 heteroatoms. The Morgan fingerprint density at radius 1 is 1.17 bits per heavy atom. The van der Waals surface area contributed by atoms with Gasteiger partial charge in [-0.2, -0.15) is 0 Å². The number of nitrogens with zero attached hydrogens (tertiary/aromatic N) is 2. The fourth-order valence-electron chi connectivity index (χ4n) is 2.17. The lowest BCUT2D eigenvalue weighted by atomic mass is 9.93. The normalized spacial score (nSPS) is 10.2. The molecule has 0 radical (unpaired) electrons. The number of imidazole rings is 1. The van der Waals surface area contributed by atoms with Gasteiger partial charge >= 0.3 is 0 Å². The molecule has 0 saturated heterocycles. The van der Waals surface area contributed by atoms with Crippen molar-refractivity contribution in [3.05, 3.63) is 41.9 Å². The standard InChI is InChI=1S/C14H18N2.C2H6/c1-10(2)12-6-5-7-13(11(12)3)14-8-15-9-16(14)4;1-2/h5-10H,1-4H3;1-2H3. The molecule has 1 aromatic carbocycles.